The number of benzene rings is 1. The third kappa shape index (κ3) is 2.79. The van der Waals surface area contributed by atoms with Crippen LogP contribution in [-0.4, -0.2) is 18.1 Å². The zero-order valence-corrected chi connectivity index (χ0v) is 10.4. The minimum absolute atomic E-state index is 0.131. The molecule has 3 nitrogen and oxygen atoms in total. The zero-order valence-electron chi connectivity index (χ0n) is 10.4. The van der Waals surface area contributed by atoms with Crippen LogP contribution in [0.4, 0.5) is 13.2 Å². The summed E-state index contributed by atoms with van der Waals surface area (Å²) in [6.45, 7) is 0. The van der Waals surface area contributed by atoms with Gasteiger partial charge in [0.1, 0.15) is 0 Å². The Hall–Kier alpha value is -2.37. The van der Waals surface area contributed by atoms with Gasteiger partial charge in [0, 0.05) is 12.4 Å². The number of hydrogen-bond acceptors (Lipinski definition) is 3. The molecule has 0 aliphatic heterocycles. The van der Waals surface area contributed by atoms with Gasteiger partial charge in [0.05, 0.1) is 18.2 Å². The van der Waals surface area contributed by atoms with Crippen LogP contribution in [0, 0.1) is 0 Å². The van der Waals surface area contributed by atoms with E-state index in [1.807, 2.05) is 0 Å². The van der Waals surface area contributed by atoms with Gasteiger partial charge in [-0.1, -0.05) is 6.07 Å². The molecule has 0 unspecified atom stereocenters. The topological polar surface area (TPSA) is 39.2 Å². The molecule has 1 aromatic heterocycles. The number of hydrogen-bond donors (Lipinski definition) is 0. The Kier molecular flexibility index (Phi) is 3.74. The maximum atomic E-state index is 12.7. The van der Waals surface area contributed by atoms with Crippen molar-refractivity contribution in [3.8, 4) is 11.1 Å². The van der Waals surface area contributed by atoms with E-state index in [-0.39, 0.29) is 5.56 Å². The van der Waals surface area contributed by atoms with Gasteiger partial charge in [-0.3, -0.25) is 4.98 Å². The lowest BCUT2D eigenvalue weighted by atomic mass is 9.98. The third-order valence-corrected chi connectivity index (χ3v) is 2.74. The molecule has 0 saturated carbocycles. The van der Waals surface area contributed by atoms with Gasteiger partial charge in [-0.25, -0.2) is 4.79 Å². The van der Waals surface area contributed by atoms with Crippen LogP contribution in [0.2, 0.25) is 0 Å². The van der Waals surface area contributed by atoms with Crippen molar-refractivity contribution in [2.24, 2.45) is 0 Å². The molecule has 0 aliphatic carbocycles. The van der Waals surface area contributed by atoms with Crippen molar-refractivity contribution < 1.29 is 22.7 Å². The van der Waals surface area contributed by atoms with Gasteiger partial charge in [0.25, 0.3) is 0 Å². The second-order valence-corrected chi connectivity index (χ2v) is 3.99. The number of rotatable bonds is 2. The molecule has 0 radical (unpaired) electrons. The van der Waals surface area contributed by atoms with Gasteiger partial charge >= 0.3 is 12.1 Å². The van der Waals surface area contributed by atoms with Crippen LogP contribution in [0.1, 0.15) is 15.9 Å². The van der Waals surface area contributed by atoms with E-state index < -0.39 is 17.7 Å². The summed E-state index contributed by atoms with van der Waals surface area (Å²) in [4.78, 5) is 15.5. The molecular weight excluding hydrogens is 271 g/mol. The average molecular weight is 281 g/mol. The number of pyridine rings is 1. The Bertz CT molecular complexity index is 624. The molecule has 0 spiro atoms. The second kappa shape index (κ2) is 5.32. The number of halogens is 3. The standard InChI is InChI=1S/C14H10F3NO2/c1-20-13(19)12-8-10(14(15,16)17)2-3-11(12)9-4-6-18-7-5-9/h2-8H,1H3. The fraction of sp³-hybridized carbons (Fsp3) is 0.143. The first-order chi connectivity index (χ1) is 9.43. The Labute approximate surface area is 113 Å². The van der Waals surface area contributed by atoms with Crippen LogP contribution in [0.3, 0.4) is 0 Å². The van der Waals surface area contributed by atoms with Crippen molar-refractivity contribution in [2.45, 2.75) is 6.18 Å². The molecule has 20 heavy (non-hydrogen) atoms. The van der Waals surface area contributed by atoms with Gasteiger partial charge in [0.15, 0.2) is 0 Å². The molecule has 0 bridgehead atoms. The number of ether oxygens (including phenoxy) is 1. The minimum atomic E-state index is -4.51. The Morgan fingerprint density at radius 2 is 1.80 bits per heavy atom. The number of aromatic nitrogens is 1. The first-order valence-electron chi connectivity index (χ1n) is 5.63. The molecule has 0 amide bonds. The lowest BCUT2D eigenvalue weighted by Crippen LogP contribution is -2.10. The lowest BCUT2D eigenvalue weighted by molar-refractivity contribution is -0.137. The van der Waals surface area contributed by atoms with Gasteiger partial charge in [-0.2, -0.15) is 13.2 Å². The highest BCUT2D eigenvalue weighted by Gasteiger charge is 2.32. The summed E-state index contributed by atoms with van der Waals surface area (Å²) in [5, 5.41) is 0. The lowest BCUT2D eigenvalue weighted by Gasteiger charge is -2.12. The fourth-order valence-corrected chi connectivity index (χ4v) is 1.78. The summed E-state index contributed by atoms with van der Waals surface area (Å²) in [5.41, 5.74) is -0.0643. The van der Waals surface area contributed by atoms with E-state index >= 15 is 0 Å². The first-order valence-corrected chi connectivity index (χ1v) is 5.63. The summed E-state index contributed by atoms with van der Waals surface area (Å²) in [6.07, 6.45) is -1.53. The Balaban J connectivity index is 2.61. The highest BCUT2D eigenvalue weighted by atomic mass is 19.4. The van der Waals surface area contributed by atoms with Gasteiger partial charge in [-0.05, 0) is 35.4 Å². The maximum Gasteiger partial charge on any atom is 0.416 e. The summed E-state index contributed by atoms with van der Waals surface area (Å²) in [6, 6.07) is 6.19. The Morgan fingerprint density at radius 3 is 2.35 bits per heavy atom. The van der Waals surface area contributed by atoms with Crippen molar-refractivity contribution in [2.75, 3.05) is 7.11 Å². The van der Waals surface area contributed by atoms with E-state index in [0.29, 0.717) is 11.1 Å². The van der Waals surface area contributed by atoms with E-state index in [2.05, 4.69) is 9.72 Å². The smallest absolute Gasteiger partial charge is 0.416 e. The number of carbonyl (C=O) groups excluding carboxylic acids is 1. The molecule has 2 rings (SSSR count). The van der Waals surface area contributed by atoms with Crippen molar-refractivity contribution in [3.05, 3.63) is 53.9 Å². The van der Waals surface area contributed by atoms with Crippen LogP contribution >= 0.6 is 0 Å². The highest BCUT2D eigenvalue weighted by Crippen LogP contribution is 2.33. The van der Waals surface area contributed by atoms with Gasteiger partial charge < -0.3 is 4.74 Å². The molecule has 0 aliphatic rings. The SMILES string of the molecule is COC(=O)c1cc(C(F)(F)F)ccc1-c1ccncc1. The van der Waals surface area contributed by atoms with Crippen LogP contribution in [0.25, 0.3) is 11.1 Å². The van der Waals surface area contributed by atoms with Crippen LogP contribution in [0.5, 0.6) is 0 Å². The minimum Gasteiger partial charge on any atom is -0.465 e. The van der Waals surface area contributed by atoms with Gasteiger partial charge in [0.2, 0.25) is 0 Å². The third-order valence-electron chi connectivity index (χ3n) is 2.74. The zero-order chi connectivity index (χ0) is 14.8. The second-order valence-electron chi connectivity index (χ2n) is 3.99. The predicted octanol–water partition coefficient (Wildman–Crippen LogP) is 3.55. The predicted molar refractivity (Wildman–Crippen MR) is 66.0 cm³/mol. The molecule has 1 heterocycles. The number of methoxy groups -OCH3 is 1. The van der Waals surface area contributed by atoms with Crippen molar-refractivity contribution in [1.29, 1.82) is 0 Å². The molecule has 0 atom stereocenters. The fourth-order valence-electron chi connectivity index (χ4n) is 1.78. The van der Waals surface area contributed by atoms with Crippen molar-refractivity contribution >= 4 is 5.97 Å². The largest absolute Gasteiger partial charge is 0.465 e. The molecule has 104 valence electrons. The van der Waals surface area contributed by atoms with Crippen LogP contribution < -0.4 is 0 Å². The van der Waals surface area contributed by atoms with Crippen molar-refractivity contribution in [3.63, 3.8) is 0 Å². The van der Waals surface area contributed by atoms with Crippen molar-refractivity contribution in [1.82, 2.24) is 4.98 Å². The molecular formula is C14H10F3NO2. The van der Waals surface area contributed by atoms with Crippen LogP contribution in [0.15, 0.2) is 42.7 Å². The molecule has 6 heteroatoms. The van der Waals surface area contributed by atoms with Gasteiger partial charge in [-0.15, -0.1) is 0 Å². The molecule has 2 aromatic rings. The number of carbonyl (C=O) groups is 1. The number of esters is 1. The highest BCUT2D eigenvalue weighted by molar-refractivity contribution is 5.97. The summed E-state index contributed by atoms with van der Waals surface area (Å²) >= 11 is 0. The normalized spacial score (nSPS) is 11.2. The van der Waals surface area contributed by atoms with Crippen LogP contribution in [-0.2, 0) is 10.9 Å². The first kappa shape index (κ1) is 14.0. The Morgan fingerprint density at radius 1 is 1.15 bits per heavy atom. The molecule has 1 aromatic carbocycles. The molecule has 0 saturated heterocycles. The van der Waals surface area contributed by atoms with E-state index in [0.717, 1.165) is 19.2 Å². The maximum absolute atomic E-state index is 12.7. The summed E-state index contributed by atoms with van der Waals surface area (Å²) in [5.74, 6) is -0.817. The van der Waals surface area contributed by atoms with E-state index in [4.69, 9.17) is 0 Å². The van der Waals surface area contributed by atoms with E-state index in [1.54, 1.807) is 12.1 Å². The monoisotopic (exact) mass is 281 g/mol. The quantitative estimate of drug-likeness (QED) is 0.790. The molecule has 0 fully saturated rings. The average Bonchev–Trinajstić information content (AvgIpc) is 2.45. The molecule has 0 N–H and O–H groups in total. The van der Waals surface area contributed by atoms with E-state index in [1.165, 1.54) is 18.5 Å². The number of nitrogens with zero attached hydrogens (tertiary/aromatic N) is 1. The van der Waals surface area contributed by atoms with E-state index in [9.17, 15) is 18.0 Å². The summed E-state index contributed by atoms with van der Waals surface area (Å²) in [7, 11) is 1.12. The number of alkyl halides is 3. The summed E-state index contributed by atoms with van der Waals surface area (Å²) < 4.78 is 42.7.